The Morgan fingerprint density at radius 1 is 1.48 bits per heavy atom. The van der Waals surface area contributed by atoms with Gasteiger partial charge in [-0.3, -0.25) is 4.79 Å². The minimum absolute atomic E-state index is 0.0447. The van der Waals surface area contributed by atoms with Gasteiger partial charge in [0.1, 0.15) is 18.2 Å². The molecule has 112 valence electrons. The molecular weight excluding hydrogens is 383 g/mol. The molecule has 7 heteroatoms. The van der Waals surface area contributed by atoms with Crippen molar-refractivity contribution in [2.24, 2.45) is 13.0 Å². The molecule has 21 heavy (non-hydrogen) atoms. The van der Waals surface area contributed by atoms with Crippen molar-refractivity contribution in [3.8, 4) is 5.88 Å². The zero-order valence-corrected chi connectivity index (χ0v) is 14.2. The van der Waals surface area contributed by atoms with E-state index >= 15 is 0 Å². The maximum absolute atomic E-state index is 11.8. The first-order valence-corrected chi connectivity index (χ1v) is 8.20. The summed E-state index contributed by atoms with van der Waals surface area (Å²) in [4.78, 5) is 24.7. The van der Waals surface area contributed by atoms with Gasteiger partial charge < -0.3 is 9.30 Å². The van der Waals surface area contributed by atoms with Crippen LogP contribution in [0.2, 0.25) is 0 Å². The Kier molecular flexibility index (Phi) is 4.10. The summed E-state index contributed by atoms with van der Waals surface area (Å²) < 4.78 is 8.75. The fourth-order valence-corrected chi connectivity index (χ4v) is 3.29. The normalized spacial score (nSPS) is 21.9. The third-order valence-electron chi connectivity index (χ3n) is 4.03. The predicted molar refractivity (Wildman–Crippen MR) is 86.1 cm³/mol. The van der Waals surface area contributed by atoms with Gasteiger partial charge in [0.2, 0.25) is 5.88 Å². The zero-order valence-electron chi connectivity index (χ0n) is 12.0. The van der Waals surface area contributed by atoms with Crippen molar-refractivity contribution in [1.82, 2.24) is 19.5 Å². The number of Topliss-reactive ketones (excluding diaryl/α,β-unsaturated/α-hetero) is 1. The molecule has 1 aliphatic carbocycles. The SMILES string of the molecule is CCC(=O)C1CC[C@H](Oc2ncnc3c2nc(I)n3C)C1. The minimum Gasteiger partial charge on any atom is -0.473 e. The molecule has 2 aromatic rings. The highest BCUT2D eigenvalue weighted by Crippen LogP contribution is 2.31. The summed E-state index contributed by atoms with van der Waals surface area (Å²) in [6.45, 7) is 1.92. The smallest absolute Gasteiger partial charge is 0.245 e. The number of aromatic nitrogens is 4. The second-order valence-electron chi connectivity index (χ2n) is 5.36. The van der Waals surface area contributed by atoms with E-state index in [1.807, 2.05) is 18.5 Å². The Morgan fingerprint density at radius 2 is 2.29 bits per heavy atom. The minimum atomic E-state index is 0.0447. The van der Waals surface area contributed by atoms with Gasteiger partial charge in [-0.1, -0.05) is 6.92 Å². The molecule has 3 rings (SSSR count). The first-order valence-electron chi connectivity index (χ1n) is 7.12. The number of fused-ring (bicyclic) bond motifs is 1. The van der Waals surface area contributed by atoms with Gasteiger partial charge in [0.05, 0.1) is 0 Å². The average Bonchev–Trinajstić information content (AvgIpc) is 3.06. The number of hydrogen-bond donors (Lipinski definition) is 0. The third kappa shape index (κ3) is 2.75. The lowest BCUT2D eigenvalue weighted by Crippen LogP contribution is -2.16. The maximum atomic E-state index is 11.8. The molecule has 0 aromatic carbocycles. The summed E-state index contributed by atoms with van der Waals surface area (Å²) in [5.74, 6) is 0.996. The van der Waals surface area contributed by atoms with Crippen molar-refractivity contribution in [3.05, 3.63) is 10.2 Å². The van der Waals surface area contributed by atoms with Gasteiger partial charge in [0.15, 0.2) is 15.0 Å². The van der Waals surface area contributed by atoms with Crippen molar-refractivity contribution in [2.45, 2.75) is 38.7 Å². The number of nitrogens with zero attached hydrogens (tertiary/aromatic N) is 4. The highest BCUT2D eigenvalue weighted by molar-refractivity contribution is 14.1. The van der Waals surface area contributed by atoms with Gasteiger partial charge in [-0.15, -0.1) is 0 Å². The van der Waals surface area contributed by atoms with Gasteiger partial charge in [-0.05, 0) is 19.3 Å². The van der Waals surface area contributed by atoms with Gasteiger partial charge >= 0.3 is 0 Å². The predicted octanol–water partition coefficient (Wildman–Crippen LogP) is 2.49. The van der Waals surface area contributed by atoms with Crippen LogP contribution in [-0.2, 0) is 11.8 Å². The topological polar surface area (TPSA) is 69.9 Å². The second kappa shape index (κ2) is 5.86. The van der Waals surface area contributed by atoms with E-state index in [1.165, 1.54) is 6.33 Å². The van der Waals surface area contributed by atoms with Crippen molar-refractivity contribution >= 4 is 39.5 Å². The number of imidazole rings is 1. The summed E-state index contributed by atoms with van der Waals surface area (Å²) in [7, 11) is 1.92. The second-order valence-corrected chi connectivity index (χ2v) is 6.33. The summed E-state index contributed by atoms with van der Waals surface area (Å²) in [5.41, 5.74) is 1.46. The van der Waals surface area contributed by atoms with Crippen LogP contribution in [0, 0.1) is 9.75 Å². The molecule has 2 aromatic heterocycles. The number of halogens is 1. The molecule has 2 heterocycles. The molecule has 0 saturated heterocycles. The molecule has 6 nitrogen and oxygen atoms in total. The van der Waals surface area contributed by atoms with Crippen molar-refractivity contribution in [3.63, 3.8) is 0 Å². The van der Waals surface area contributed by atoms with E-state index in [4.69, 9.17) is 4.74 Å². The lowest BCUT2D eigenvalue weighted by atomic mass is 10.0. The van der Waals surface area contributed by atoms with Crippen molar-refractivity contribution in [2.75, 3.05) is 0 Å². The molecule has 1 unspecified atom stereocenters. The Hall–Kier alpha value is -1.25. The number of carbonyl (C=O) groups is 1. The van der Waals surface area contributed by atoms with E-state index in [-0.39, 0.29) is 12.0 Å². The Morgan fingerprint density at radius 3 is 3.05 bits per heavy atom. The first kappa shape index (κ1) is 14.7. The van der Waals surface area contributed by atoms with Crippen LogP contribution in [-0.4, -0.2) is 31.4 Å². The van der Waals surface area contributed by atoms with Crippen LogP contribution in [0.5, 0.6) is 5.88 Å². The Labute approximate surface area is 136 Å². The number of ketones is 1. The first-order chi connectivity index (χ1) is 10.1. The number of rotatable bonds is 4. The van der Waals surface area contributed by atoms with Crippen LogP contribution in [0.4, 0.5) is 0 Å². The molecule has 0 bridgehead atoms. The summed E-state index contributed by atoms with van der Waals surface area (Å²) in [6, 6.07) is 0. The number of ether oxygens (including phenoxy) is 1. The lowest BCUT2D eigenvalue weighted by Gasteiger charge is -2.12. The highest BCUT2D eigenvalue weighted by atomic mass is 127. The summed E-state index contributed by atoms with van der Waals surface area (Å²) >= 11 is 2.16. The third-order valence-corrected chi connectivity index (χ3v) is 5.00. The standard InChI is InChI=1S/C14H17IN4O2/c1-3-10(20)8-4-5-9(6-8)21-13-11-12(16-7-17-13)19(2)14(15)18-11/h7-9H,3-6H2,1-2H3/t8?,9-/m0/s1. The Balaban J connectivity index is 1.80. The molecule has 0 aliphatic heterocycles. The van der Waals surface area contributed by atoms with E-state index in [0.29, 0.717) is 23.6 Å². The molecule has 1 saturated carbocycles. The molecule has 1 aliphatic rings. The number of hydrogen-bond acceptors (Lipinski definition) is 5. The molecule has 0 spiro atoms. The van der Waals surface area contributed by atoms with E-state index in [9.17, 15) is 4.79 Å². The molecule has 0 amide bonds. The van der Waals surface area contributed by atoms with Crippen LogP contribution in [0.15, 0.2) is 6.33 Å². The fourth-order valence-electron chi connectivity index (χ4n) is 2.82. The van der Waals surface area contributed by atoms with Gasteiger partial charge in [0, 0.05) is 42.0 Å². The monoisotopic (exact) mass is 400 g/mol. The van der Waals surface area contributed by atoms with Gasteiger partial charge in [0.25, 0.3) is 0 Å². The van der Waals surface area contributed by atoms with Crippen molar-refractivity contribution < 1.29 is 9.53 Å². The number of carbonyl (C=O) groups excluding carboxylic acids is 1. The zero-order chi connectivity index (χ0) is 15.0. The average molecular weight is 400 g/mol. The molecular formula is C14H17IN4O2. The van der Waals surface area contributed by atoms with Crippen molar-refractivity contribution in [1.29, 1.82) is 0 Å². The van der Waals surface area contributed by atoms with Gasteiger partial charge in [-0.2, -0.15) is 4.98 Å². The number of aryl methyl sites for hydroxylation is 1. The largest absolute Gasteiger partial charge is 0.473 e. The molecule has 0 radical (unpaired) electrons. The summed E-state index contributed by atoms with van der Waals surface area (Å²) in [5, 5.41) is 0. The van der Waals surface area contributed by atoms with Crippen LogP contribution in [0.3, 0.4) is 0 Å². The quantitative estimate of drug-likeness (QED) is 0.583. The lowest BCUT2D eigenvalue weighted by molar-refractivity contribution is -0.122. The van der Waals surface area contributed by atoms with Crippen LogP contribution >= 0.6 is 22.6 Å². The molecule has 0 N–H and O–H groups in total. The van der Waals surface area contributed by atoms with E-state index in [2.05, 4.69) is 37.5 Å². The van der Waals surface area contributed by atoms with E-state index in [1.54, 1.807) is 0 Å². The molecule has 2 atom stereocenters. The molecule has 1 fully saturated rings. The fraction of sp³-hybridized carbons (Fsp3) is 0.571. The van der Waals surface area contributed by atoms with E-state index < -0.39 is 0 Å². The van der Waals surface area contributed by atoms with Crippen LogP contribution in [0.25, 0.3) is 11.2 Å². The van der Waals surface area contributed by atoms with Gasteiger partial charge in [-0.25, -0.2) is 9.97 Å². The Bertz CT molecular complexity index is 685. The van der Waals surface area contributed by atoms with Crippen LogP contribution in [0.1, 0.15) is 32.6 Å². The summed E-state index contributed by atoms with van der Waals surface area (Å²) in [6.07, 6.45) is 4.73. The highest BCUT2D eigenvalue weighted by Gasteiger charge is 2.31. The van der Waals surface area contributed by atoms with E-state index in [0.717, 1.165) is 28.7 Å². The maximum Gasteiger partial charge on any atom is 0.245 e. The van der Waals surface area contributed by atoms with Crippen LogP contribution < -0.4 is 4.74 Å².